The first-order valence-corrected chi connectivity index (χ1v) is 7.99. The first kappa shape index (κ1) is 16.4. The largest absolute Gasteiger partial charge is 0.399 e. The van der Waals surface area contributed by atoms with Crippen molar-refractivity contribution in [1.82, 2.24) is 15.0 Å². The molecule has 7 nitrogen and oxygen atoms in total. The van der Waals surface area contributed by atoms with E-state index in [0.717, 1.165) is 22.6 Å². The number of pyridine rings is 1. The zero-order valence-corrected chi connectivity index (χ0v) is 14.2. The highest BCUT2D eigenvalue weighted by molar-refractivity contribution is 5.79. The van der Waals surface area contributed by atoms with E-state index < -0.39 is 0 Å². The van der Waals surface area contributed by atoms with Crippen LogP contribution < -0.4 is 5.73 Å². The minimum Gasteiger partial charge on any atom is -0.399 e. The molecule has 2 aromatic heterocycles. The highest BCUT2D eigenvalue weighted by Crippen LogP contribution is 2.24. The van der Waals surface area contributed by atoms with E-state index in [4.69, 9.17) is 15.0 Å². The van der Waals surface area contributed by atoms with Crippen molar-refractivity contribution in [2.75, 3.05) is 25.4 Å². The van der Waals surface area contributed by atoms with Gasteiger partial charge in [-0.25, -0.2) is 0 Å². The van der Waals surface area contributed by atoms with Crippen LogP contribution in [0, 0.1) is 20.8 Å². The molecule has 0 spiro atoms. The number of nitrogen functional groups attached to an aromatic ring is 1. The van der Waals surface area contributed by atoms with Crippen LogP contribution in [0.1, 0.15) is 34.5 Å². The summed E-state index contributed by atoms with van der Waals surface area (Å²) in [7, 11) is 0. The van der Waals surface area contributed by atoms with Crippen LogP contribution in [0.5, 0.6) is 0 Å². The zero-order valence-electron chi connectivity index (χ0n) is 14.2. The van der Waals surface area contributed by atoms with Crippen LogP contribution >= 0.6 is 0 Å². The second-order valence-electron chi connectivity index (χ2n) is 6.15. The number of hydrogen-bond acceptors (Lipinski definition) is 6. The van der Waals surface area contributed by atoms with Crippen LogP contribution in [0.2, 0.25) is 0 Å². The number of carbonyl (C=O) groups is 1. The van der Waals surface area contributed by atoms with Gasteiger partial charge in [-0.1, -0.05) is 5.16 Å². The van der Waals surface area contributed by atoms with E-state index >= 15 is 0 Å². The monoisotopic (exact) mass is 330 g/mol. The minimum absolute atomic E-state index is 0.0401. The maximum Gasteiger partial charge on any atom is 0.227 e. The van der Waals surface area contributed by atoms with E-state index in [-0.39, 0.29) is 18.4 Å². The van der Waals surface area contributed by atoms with Gasteiger partial charge < -0.3 is 19.9 Å². The predicted molar refractivity (Wildman–Crippen MR) is 88.3 cm³/mol. The molecular weight excluding hydrogens is 308 g/mol. The van der Waals surface area contributed by atoms with E-state index in [2.05, 4.69) is 10.1 Å². The summed E-state index contributed by atoms with van der Waals surface area (Å²) in [4.78, 5) is 18.9. The number of hydrogen-bond donors (Lipinski definition) is 1. The van der Waals surface area contributed by atoms with Gasteiger partial charge >= 0.3 is 0 Å². The summed E-state index contributed by atoms with van der Waals surface area (Å²) < 4.78 is 10.9. The molecule has 0 radical (unpaired) electrons. The van der Waals surface area contributed by atoms with Crippen molar-refractivity contribution < 1.29 is 14.1 Å². The number of nitrogens with zero attached hydrogens (tertiary/aromatic N) is 3. The van der Waals surface area contributed by atoms with Crippen LogP contribution in [-0.2, 0) is 16.0 Å². The Balaban J connectivity index is 1.72. The summed E-state index contributed by atoms with van der Waals surface area (Å²) in [6.45, 7) is 7.08. The molecule has 0 bridgehead atoms. The topological polar surface area (TPSA) is 94.5 Å². The molecule has 1 aliphatic rings. The Morgan fingerprint density at radius 1 is 1.38 bits per heavy atom. The molecule has 0 aliphatic carbocycles. The quantitative estimate of drug-likeness (QED) is 0.921. The fraction of sp³-hybridized carbons (Fsp3) is 0.471. The molecule has 24 heavy (non-hydrogen) atoms. The molecule has 1 atom stereocenters. The number of rotatable bonds is 3. The molecule has 128 valence electrons. The fourth-order valence-electron chi connectivity index (χ4n) is 2.96. The Labute approximate surface area is 140 Å². The highest BCUT2D eigenvalue weighted by Gasteiger charge is 2.27. The first-order valence-electron chi connectivity index (χ1n) is 7.99. The molecule has 2 N–H and O–H groups in total. The second kappa shape index (κ2) is 6.60. The van der Waals surface area contributed by atoms with Crippen molar-refractivity contribution in [2.24, 2.45) is 0 Å². The smallest absolute Gasteiger partial charge is 0.227 e. The summed E-state index contributed by atoms with van der Waals surface area (Å²) in [6, 6.07) is 3.62. The molecule has 3 rings (SSSR count). The summed E-state index contributed by atoms with van der Waals surface area (Å²) in [5.74, 6) is 0.733. The zero-order chi connectivity index (χ0) is 17.3. The summed E-state index contributed by atoms with van der Waals surface area (Å²) >= 11 is 0. The van der Waals surface area contributed by atoms with Crippen LogP contribution in [0.15, 0.2) is 16.7 Å². The van der Waals surface area contributed by atoms with E-state index in [1.807, 2.05) is 26.8 Å². The molecule has 3 heterocycles. The number of nitrogens with two attached hydrogens (primary N) is 1. The minimum atomic E-state index is -0.255. The average molecular weight is 330 g/mol. The van der Waals surface area contributed by atoms with E-state index in [9.17, 15) is 4.79 Å². The lowest BCUT2D eigenvalue weighted by Crippen LogP contribution is -2.43. The van der Waals surface area contributed by atoms with Gasteiger partial charge in [0.15, 0.2) is 0 Å². The average Bonchev–Trinajstić information content (AvgIpc) is 2.86. The van der Waals surface area contributed by atoms with Gasteiger partial charge in [0.05, 0.1) is 31.0 Å². The molecule has 0 unspecified atom stereocenters. The van der Waals surface area contributed by atoms with Crippen LogP contribution in [0.4, 0.5) is 5.69 Å². The maximum atomic E-state index is 12.6. The summed E-state index contributed by atoms with van der Waals surface area (Å²) in [5, 5.41) is 3.90. The van der Waals surface area contributed by atoms with Crippen LogP contribution in [0.3, 0.4) is 0 Å². The number of carbonyl (C=O) groups excluding carboxylic acids is 1. The molecule has 1 amide bonds. The molecule has 7 heteroatoms. The molecule has 1 saturated heterocycles. The van der Waals surface area contributed by atoms with Gasteiger partial charge in [0.2, 0.25) is 5.91 Å². The van der Waals surface area contributed by atoms with Gasteiger partial charge in [-0.05, 0) is 32.9 Å². The molecular formula is C17H22N4O3. The molecule has 2 aromatic rings. The number of anilines is 1. The van der Waals surface area contributed by atoms with Crippen molar-refractivity contribution in [3.8, 4) is 0 Å². The van der Waals surface area contributed by atoms with E-state index in [0.29, 0.717) is 31.1 Å². The van der Waals surface area contributed by atoms with E-state index in [1.54, 1.807) is 11.0 Å². The van der Waals surface area contributed by atoms with Crippen LogP contribution in [-0.4, -0.2) is 40.6 Å². The summed E-state index contributed by atoms with van der Waals surface area (Å²) in [6.07, 6.45) is 0.0339. The number of aryl methyl sites for hydroxylation is 3. The highest BCUT2D eigenvalue weighted by atomic mass is 16.5. The Hall–Kier alpha value is -2.41. The van der Waals surface area contributed by atoms with Crippen LogP contribution in [0.25, 0.3) is 0 Å². The van der Waals surface area contributed by atoms with Gasteiger partial charge in [-0.2, -0.15) is 0 Å². The first-order chi connectivity index (χ1) is 11.4. The Bertz CT molecular complexity index is 717. The van der Waals surface area contributed by atoms with Crippen molar-refractivity contribution in [3.05, 3.63) is 40.5 Å². The normalized spacial score (nSPS) is 18.0. The van der Waals surface area contributed by atoms with Gasteiger partial charge in [0.25, 0.3) is 0 Å². The second-order valence-corrected chi connectivity index (χ2v) is 6.15. The molecule has 0 aromatic carbocycles. The molecule has 0 saturated carbocycles. The number of aromatic nitrogens is 2. The Morgan fingerprint density at radius 2 is 2.17 bits per heavy atom. The third-order valence-corrected chi connectivity index (χ3v) is 4.25. The molecule has 1 aliphatic heterocycles. The van der Waals surface area contributed by atoms with E-state index in [1.165, 1.54) is 0 Å². The maximum absolute atomic E-state index is 12.6. The van der Waals surface area contributed by atoms with Gasteiger partial charge in [-0.3, -0.25) is 9.78 Å². The van der Waals surface area contributed by atoms with Crippen molar-refractivity contribution in [3.63, 3.8) is 0 Å². The van der Waals surface area contributed by atoms with Gasteiger partial charge in [-0.15, -0.1) is 0 Å². The predicted octanol–water partition coefficient (Wildman–Crippen LogP) is 1.72. The Kier molecular flexibility index (Phi) is 4.53. The standard InChI is InChI=1S/C17H22N4O3/c1-10-6-13(18)7-15(19-10)16-9-21(4-5-23-16)17(22)8-14-11(2)20-24-12(14)3/h6-7,16H,4-5,8-9H2,1-3H3,(H2,18,19)/t16-/m1/s1. The third kappa shape index (κ3) is 3.41. The lowest BCUT2D eigenvalue weighted by Gasteiger charge is -2.33. The van der Waals surface area contributed by atoms with Crippen molar-refractivity contribution >= 4 is 11.6 Å². The lowest BCUT2D eigenvalue weighted by atomic mass is 10.1. The number of morpholine rings is 1. The number of amides is 1. The van der Waals surface area contributed by atoms with Crippen molar-refractivity contribution in [1.29, 1.82) is 0 Å². The molecule has 1 fully saturated rings. The van der Waals surface area contributed by atoms with Gasteiger partial charge in [0, 0.05) is 23.5 Å². The fourth-order valence-corrected chi connectivity index (χ4v) is 2.96. The number of ether oxygens (including phenoxy) is 1. The summed E-state index contributed by atoms with van der Waals surface area (Å²) in [5.41, 5.74) is 9.78. The van der Waals surface area contributed by atoms with Gasteiger partial charge in [0.1, 0.15) is 11.9 Å². The Morgan fingerprint density at radius 3 is 2.83 bits per heavy atom. The van der Waals surface area contributed by atoms with Crippen molar-refractivity contribution in [2.45, 2.75) is 33.3 Å². The SMILES string of the molecule is Cc1cc(N)cc([C@H]2CN(C(=O)Cc3c(C)noc3C)CCO2)n1. The lowest BCUT2D eigenvalue weighted by molar-refractivity contribution is -0.138. The third-order valence-electron chi connectivity index (χ3n) is 4.25.